The molecular weight excluding hydrogens is 664 g/mol. The molecule has 1 aliphatic heterocycles. The molecule has 0 spiro atoms. The number of halogens is 2. The van der Waals surface area contributed by atoms with E-state index in [-0.39, 0.29) is 39.8 Å². The molecule has 1 aliphatic rings. The van der Waals surface area contributed by atoms with Crippen molar-refractivity contribution in [3.8, 4) is 11.4 Å². The normalized spacial score (nSPS) is 13.8. The zero-order valence-electron chi connectivity index (χ0n) is 27.5. The van der Waals surface area contributed by atoms with E-state index in [1.54, 1.807) is 25.1 Å². The van der Waals surface area contributed by atoms with Gasteiger partial charge in [-0.1, -0.05) is 12.1 Å². The molecule has 0 radical (unpaired) electrons. The fourth-order valence-electron chi connectivity index (χ4n) is 6.52. The van der Waals surface area contributed by atoms with E-state index in [9.17, 15) is 24.3 Å². The van der Waals surface area contributed by atoms with Gasteiger partial charge >= 0.3 is 11.7 Å². The van der Waals surface area contributed by atoms with Gasteiger partial charge < -0.3 is 24.6 Å². The second-order valence-corrected chi connectivity index (χ2v) is 12.2. The van der Waals surface area contributed by atoms with Crippen molar-refractivity contribution in [3.63, 3.8) is 0 Å². The highest BCUT2D eigenvalue weighted by Gasteiger charge is 2.27. The second kappa shape index (κ2) is 13.2. The Morgan fingerprint density at radius 3 is 2.49 bits per heavy atom. The van der Waals surface area contributed by atoms with Crippen LogP contribution < -0.4 is 21.5 Å². The number of carboxylic acids is 1. The third-order valence-corrected chi connectivity index (χ3v) is 9.10. The highest BCUT2D eigenvalue weighted by Crippen LogP contribution is 2.27. The van der Waals surface area contributed by atoms with Gasteiger partial charge in [0.15, 0.2) is 0 Å². The minimum atomic E-state index is -1.48. The summed E-state index contributed by atoms with van der Waals surface area (Å²) >= 11 is 0. The number of aliphatic carboxylic acids is 1. The molecule has 0 saturated carbocycles. The van der Waals surface area contributed by atoms with Gasteiger partial charge in [0, 0.05) is 56.2 Å². The number of carbonyl (C=O) groups is 2. The van der Waals surface area contributed by atoms with E-state index >= 15 is 8.78 Å². The SMILES string of the molecule is Cc1cc(N2CCOCC2)cc(F)c1C(=O)N[C@@H](Cc1ccc(-n2c(=O)c3cc(F)c(-n4ccnc4)cc3n(C)c2=O)c2ncccc12)C(=O)O. The number of imidazole rings is 1. The number of amides is 1. The zero-order valence-corrected chi connectivity index (χ0v) is 27.5. The maximum Gasteiger partial charge on any atom is 0.335 e. The average Bonchev–Trinajstić information content (AvgIpc) is 3.66. The van der Waals surface area contributed by atoms with Gasteiger partial charge in [0.25, 0.3) is 11.5 Å². The number of benzene rings is 3. The van der Waals surface area contributed by atoms with Gasteiger partial charge in [0.05, 0.1) is 52.9 Å². The Morgan fingerprint density at radius 2 is 1.78 bits per heavy atom. The summed E-state index contributed by atoms with van der Waals surface area (Å²) in [5.41, 5.74) is 0.195. The molecule has 0 bridgehead atoms. The zero-order chi connectivity index (χ0) is 36.0. The lowest BCUT2D eigenvalue weighted by molar-refractivity contribution is -0.139. The Kier molecular flexibility index (Phi) is 8.64. The van der Waals surface area contributed by atoms with Gasteiger partial charge in [-0.3, -0.25) is 19.1 Å². The molecule has 7 rings (SSSR count). The summed E-state index contributed by atoms with van der Waals surface area (Å²) in [6.45, 7) is 3.73. The lowest BCUT2D eigenvalue weighted by Crippen LogP contribution is -2.43. The summed E-state index contributed by atoms with van der Waals surface area (Å²) in [5, 5.41) is 12.9. The van der Waals surface area contributed by atoms with Gasteiger partial charge in [0.2, 0.25) is 0 Å². The fraction of sp³-hybridized carbons (Fsp3) is 0.222. The Morgan fingerprint density at radius 1 is 1.00 bits per heavy atom. The molecule has 15 heteroatoms. The van der Waals surface area contributed by atoms with Crippen molar-refractivity contribution in [1.82, 2.24) is 29.0 Å². The first kappa shape index (κ1) is 33.3. The number of hydrogen-bond acceptors (Lipinski definition) is 8. The minimum absolute atomic E-state index is 0.0548. The highest BCUT2D eigenvalue weighted by atomic mass is 19.1. The molecule has 51 heavy (non-hydrogen) atoms. The number of hydrogen-bond donors (Lipinski definition) is 2. The number of morpholine rings is 1. The number of pyridine rings is 1. The molecule has 1 atom stereocenters. The van der Waals surface area contributed by atoms with Gasteiger partial charge in [0.1, 0.15) is 17.7 Å². The van der Waals surface area contributed by atoms with E-state index in [1.807, 2.05) is 4.90 Å². The number of carbonyl (C=O) groups excluding carboxylic acids is 1. The minimum Gasteiger partial charge on any atom is -0.480 e. The number of nitrogens with zero attached hydrogens (tertiary/aromatic N) is 6. The summed E-state index contributed by atoms with van der Waals surface area (Å²) < 4.78 is 39.5. The van der Waals surface area contributed by atoms with E-state index in [2.05, 4.69) is 15.3 Å². The summed E-state index contributed by atoms with van der Waals surface area (Å²) in [7, 11) is 1.46. The first-order valence-electron chi connectivity index (χ1n) is 16.0. The monoisotopic (exact) mass is 695 g/mol. The number of carboxylic acid groups (broad SMARTS) is 1. The van der Waals surface area contributed by atoms with Crippen molar-refractivity contribution in [2.75, 3.05) is 31.2 Å². The molecule has 3 aromatic heterocycles. The molecular formula is C36H31F2N7O6. The van der Waals surface area contributed by atoms with Crippen LogP contribution >= 0.6 is 0 Å². The van der Waals surface area contributed by atoms with Crippen LogP contribution in [0.1, 0.15) is 21.5 Å². The number of rotatable bonds is 8. The number of ether oxygens (including phenoxy) is 1. The molecule has 6 aromatic rings. The molecule has 1 fully saturated rings. The predicted octanol–water partition coefficient (Wildman–Crippen LogP) is 3.27. The standard InChI is InChI=1S/C36H31F2N7O6/c1-20-14-22(43-10-12-51-13-11-43)16-26(38)31(20)33(46)41-27(35(48)49)15-21-5-6-28(32-23(21)4-3-7-40-32)45-34(47)24-17-25(37)30(44-9-8-39-19-44)18-29(24)42(2)36(45)50/h3-9,14,16-19,27H,10-13,15H2,1-2H3,(H,41,46)(H,48,49)/t27-/m0/s1. The van der Waals surface area contributed by atoms with Crippen molar-refractivity contribution in [2.24, 2.45) is 7.05 Å². The summed E-state index contributed by atoms with van der Waals surface area (Å²) in [6, 6.07) is 10.1. The van der Waals surface area contributed by atoms with Crippen LogP contribution in [0.5, 0.6) is 0 Å². The third-order valence-electron chi connectivity index (χ3n) is 9.10. The van der Waals surface area contributed by atoms with Crippen LogP contribution in [0.3, 0.4) is 0 Å². The van der Waals surface area contributed by atoms with Crippen LogP contribution in [0.4, 0.5) is 14.5 Å². The number of aryl methyl sites for hydroxylation is 2. The topological polar surface area (TPSA) is 154 Å². The van der Waals surface area contributed by atoms with Crippen LogP contribution in [0.15, 0.2) is 83.0 Å². The first-order valence-corrected chi connectivity index (χ1v) is 16.0. The largest absolute Gasteiger partial charge is 0.480 e. The lowest BCUT2D eigenvalue weighted by Gasteiger charge is -2.29. The van der Waals surface area contributed by atoms with E-state index < -0.39 is 40.8 Å². The fourth-order valence-corrected chi connectivity index (χ4v) is 6.52. The quantitative estimate of drug-likeness (QED) is 0.244. The van der Waals surface area contributed by atoms with E-state index in [0.29, 0.717) is 48.5 Å². The summed E-state index contributed by atoms with van der Waals surface area (Å²) in [4.78, 5) is 63.6. The van der Waals surface area contributed by atoms with Crippen LogP contribution in [0.2, 0.25) is 0 Å². The number of nitrogens with one attached hydrogen (secondary N) is 1. The number of aromatic nitrogens is 5. The Balaban J connectivity index is 1.23. The smallest absolute Gasteiger partial charge is 0.335 e. The molecule has 1 amide bonds. The molecule has 3 aromatic carbocycles. The average molecular weight is 696 g/mol. The lowest BCUT2D eigenvalue weighted by atomic mass is 9.99. The van der Waals surface area contributed by atoms with Gasteiger partial charge in [-0.05, 0) is 54.4 Å². The summed E-state index contributed by atoms with van der Waals surface area (Å²) in [6.07, 6.45) is 5.62. The number of fused-ring (bicyclic) bond motifs is 2. The Bertz CT molecular complexity index is 2450. The predicted molar refractivity (Wildman–Crippen MR) is 184 cm³/mol. The third kappa shape index (κ3) is 6.01. The molecule has 0 aliphatic carbocycles. The molecule has 1 saturated heterocycles. The van der Waals surface area contributed by atoms with Gasteiger partial charge in [-0.15, -0.1) is 0 Å². The second-order valence-electron chi connectivity index (χ2n) is 12.2. The molecule has 4 heterocycles. The van der Waals surface area contributed by atoms with Gasteiger partial charge in [-0.2, -0.15) is 0 Å². The van der Waals surface area contributed by atoms with Crippen molar-refractivity contribution >= 4 is 39.4 Å². The van der Waals surface area contributed by atoms with Crippen LogP contribution in [-0.2, 0) is 23.0 Å². The summed E-state index contributed by atoms with van der Waals surface area (Å²) in [5.74, 6) is -3.73. The van der Waals surface area contributed by atoms with Crippen molar-refractivity contribution in [3.05, 3.63) is 123 Å². The maximum atomic E-state index is 15.4. The van der Waals surface area contributed by atoms with Crippen LogP contribution in [0, 0.1) is 18.6 Å². The van der Waals surface area contributed by atoms with Crippen molar-refractivity contribution in [2.45, 2.75) is 19.4 Å². The van der Waals surface area contributed by atoms with E-state index in [4.69, 9.17) is 4.74 Å². The molecule has 2 N–H and O–H groups in total. The van der Waals surface area contributed by atoms with Crippen LogP contribution in [-0.4, -0.2) is 73.0 Å². The van der Waals surface area contributed by atoms with Gasteiger partial charge in [-0.25, -0.2) is 27.9 Å². The highest BCUT2D eigenvalue weighted by molar-refractivity contribution is 5.99. The Labute approximate surface area is 288 Å². The maximum absolute atomic E-state index is 15.4. The Hall–Kier alpha value is -6.22. The van der Waals surface area contributed by atoms with E-state index in [0.717, 1.165) is 10.6 Å². The first-order chi connectivity index (χ1) is 24.5. The molecule has 260 valence electrons. The molecule has 13 nitrogen and oxygen atoms in total. The molecule has 0 unspecified atom stereocenters. The van der Waals surface area contributed by atoms with E-state index in [1.165, 1.54) is 65.4 Å². The van der Waals surface area contributed by atoms with Crippen molar-refractivity contribution in [1.29, 1.82) is 0 Å². The number of anilines is 1. The van der Waals surface area contributed by atoms with Crippen molar-refractivity contribution < 1.29 is 28.2 Å². The van der Waals surface area contributed by atoms with Crippen LogP contribution in [0.25, 0.3) is 33.2 Å².